The fourth-order valence-electron chi connectivity index (χ4n) is 3.87. The molecule has 0 aliphatic carbocycles. The Morgan fingerprint density at radius 3 is 1.41 bits per heavy atom. The van der Waals surface area contributed by atoms with Crippen LogP contribution >= 0.6 is 70.2 Å². The van der Waals surface area contributed by atoms with Crippen molar-refractivity contribution in [3.05, 3.63) is 100 Å². The highest BCUT2D eigenvalue weighted by atomic mass is 35.5. The molecule has 2 aromatic carbocycles. The van der Waals surface area contributed by atoms with Crippen LogP contribution in [0, 0.1) is 85.4 Å². The summed E-state index contributed by atoms with van der Waals surface area (Å²) in [5, 5.41) is 56.1. The molecule has 49 heavy (non-hydrogen) atoms. The predicted octanol–water partition coefficient (Wildman–Crippen LogP) is 8.34. The number of aromatic nitrogens is 4. The molecule has 0 amide bonds. The third-order valence-electron chi connectivity index (χ3n) is 5.93. The SMILES string of the molecule is N#CC(=C1Sc2nc(C#N)c(C#N)nc2S1)c1c(F)ccc(Cl)c1F.N#CC(=C1Sc2nc(C#N)c(C#N)nc2S1)c1cc(F)cc(Cl)c1. The lowest BCUT2D eigenvalue weighted by atomic mass is 10.1. The van der Waals surface area contributed by atoms with Gasteiger partial charge in [0.2, 0.25) is 0 Å². The number of allylic oxidation sites excluding steroid dienone is 2. The fourth-order valence-corrected chi connectivity index (χ4v) is 8.84. The van der Waals surface area contributed by atoms with Crippen LogP contribution in [0.5, 0.6) is 0 Å². The number of thioether (sulfide) groups is 4. The summed E-state index contributed by atoms with van der Waals surface area (Å²) in [6.45, 7) is 0. The van der Waals surface area contributed by atoms with Gasteiger partial charge in [0, 0.05) is 5.02 Å². The Bertz CT molecular complexity index is 2340. The molecular formula is C30H5Cl2F3N10S4. The summed E-state index contributed by atoms with van der Waals surface area (Å²) in [4.78, 5) is 16.2. The van der Waals surface area contributed by atoms with E-state index < -0.39 is 23.0 Å². The maximum absolute atomic E-state index is 14.2. The lowest BCUT2D eigenvalue weighted by Gasteiger charge is -2.06. The highest BCUT2D eigenvalue weighted by molar-refractivity contribution is 8.25. The van der Waals surface area contributed by atoms with E-state index in [1.165, 1.54) is 12.1 Å². The minimum atomic E-state index is -1.04. The van der Waals surface area contributed by atoms with Gasteiger partial charge in [0.1, 0.15) is 68.2 Å². The minimum absolute atomic E-state index is 0.0714. The first-order chi connectivity index (χ1) is 23.5. The third kappa shape index (κ3) is 7.15. The molecular weight excluding hydrogens is 757 g/mol. The lowest BCUT2D eigenvalue weighted by Crippen LogP contribution is -1.96. The summed E-state index contributed by atoms with van der Waals surface area (Å²) >= 11 is 15.7. The molecule has 4 aromatic rings. The van der Waals surface area contributed by atoms with E-state index in [1.54, 1.807) is 18.2 Å². The molecule has 234 valence electrons. The van der Waals surface area contributed by atoms with Crippen LogP contribution in [0.25, 0.3) is 11.1 Å². The standard InChI is InChI=1S/C15H2ClF2N5S2.C15H3ClFN5S2/c16-7-1-2-8(17)11(12(7)18)6(3-19)15-24-13-14(25-15)23-10(5-21)9(4-20)22-13;16-8-1-7(2-9(17)3-8)10(4-18)15-23-13-14(24-15)22-12(6-20)11(5-19)21-13/h1-2H;1-3H. The lowest BCUT2D eigenvalue weighted by molar-refractivity contribution is 0.578. The molecule has 0 spiro atoms. The van der Waals surface area contributed by atoms with E-state index in [9.17, 15) is 23.7 Å². The summed E-state index contributed by atoms with van der Waals surface area (Å²) < 4.78 is 42.6. The molecule has 10 nitrogen and oxygen atoms in total. The molecule has 2 aliphatic heterocycles. The van der Waals surface area contributed by atoms with Crippen LogP contribution < -0.4 is 0 Å². The molecule has 2 aliphatic rings. The average molecular weight is 762 g/mol. The third-order valence-corrected chi connectivity index (χ3v) is 11.2. The van der Waals surface area contributed by atoms with Crippen molar-refractivity contribution in [1.29, 1.82) is 31.6 Å². The number of nitrogens with zero attached hydrogens (tertiary/aromatic N) is 10. The van der Waals surface area contributed by atoms with Gasteiger partial charge in [-0.05, 0) is 35.9 Å². The van der Waals surface area contributed by atoms with Crippen molar-refractivity contribution in [2.45, 2.75) is 20.1 Å². The highest BCUT2D eigenvalue weighted by Gasteiger charge is 2.30. The van der Waals surface area contributed by atoms with Gasteiger partial charge in [-0.2, -0.15) is 31.6 Å². The Kier molecular flexibility index (Phi) is 10.7. The van der Waals surface area contributed by atoms with Gasteiger partial charge in [-0.3, -0.25) is 0 Å². The van der Waals surface area contributed by atoms with Crippen LogP contribution in [0.4, 0.5) is 13.2 Å². The second-order valence-electron chi connectivity index (χ2n) is 8.84. The fraction of sp³-hybridized carbons (Fsp3) is 0. The van der Waals surface area contributed by atoms with Crippen molar-refractivity contribution in [2.75, 3.05) is 0 Å². The van der Waals surface area contributed by atoms with Crippen LogP contribution in [-0.2, 0) is 0 Å². The topological polar surface area (TPSA) is 194 Å². The van der Waals surface area contributed by atoms with Crippen molar-refractivity contribution in [3.8, 4) is 36.4 Å². The van der Waals surface area contributed by atoms with E-state index in [4.69, 9.17) is 44.2 Å². The van der Waals surface area contributed by atoms with E-state index in [0.29, 0.717) is 19.9 Å². The number of nitriles is 6. The molecule has 0 unspecified atom stereocenters. The van der Waals surface area contributed by atoms with Gasteiger partial charge >= 0.3 is 0 Å². The normalized spacial score (nSPS) is 12.1. The van der Waals surface area contributed by atoms with Crippen molar-refractivity contribution in [3.63, 3.8) is 0 Å². The van der Waals surface area contributed by atoms with Crippen LogP contribution in [-0.4, -0.2) is 19.9 Å². The van der Waals surface area contributed by atoms with E-state index >= 15 is 0 Å². The van der Waals surface area contributed by atoms with E-state index in [0.717, 1.165) is 65.2 Å². The summed E-state index contributed by atoms with van der Waals surface area (Å²) in [6.07, 6.45) is 0. The van der Waals surface area contributed by atoms with Gasteiger partial charge < -0.3 is 0 Å². The molecule has 0 radical (unpaired) electrons. The zero-order valence-corrected chi connectivity index (χ0v) is 28.2. The summed E-state index contributed by atoms with van der Waals surface area (Å²) in [6, 6.07) is 16.8. The number of fused-ring (bicyclic) bond motifs is 2. The number of rotatable bonds is 2. The van der Waals surface area contributed by atoms with Crippen LogP contribution in [0.1, 0.15) is 33.9 Å². The Morgan fingerprint density at radius 2 is 1.02 bits per heavy atom. The second-order valence-corrected chi connectivity index (χ2v) is 14.2. The van der Waals surface area contributed by atoms with Gasteiger partial charge in [-0.15, -0.1) is 0 Å². The first kappa shape index (κ1) is 35.1. The number of halogens is 5. The van der Waals surface area contributed by atoms with Gasteiger partial charge in [0.05, 0.1) is 30.2 Å². The molecule has 4 heterocycles. The van der Waals surface area contributed by atoms with Crippen molar-refractivity contribution in [2.24, 2.45) is 0 Å². The number of hydrogen-bond acceptors (Lipinski definition) is 14. The Balaban J connectivity index is 0.000000191. The molecule has 19 heteroatoms. The number of benzene rings is 2. The molecule has 0 N–H and O–H groups in total. The zero-order valence-electron chi connectivity index (χ0n) is 23.4. The maximum atomic E-state index is 14.2. The minimum Gasteiger partial charge on any atom is -0.224 e. The first-order valence-electron chi connectivity index (χ1n) is 12.6. The molecule has 0 atom stereocenters. The van der Waals surface area contributed by atoms with Crippen LogP contribution in [0.3, 0.4) is 0 Å². The molecule has 0 fully saturated rings. The largest absolute Gasteiger partial charge is 0.224 e. The highest BCUT2D eigenvalue weighted by Crippen LogP contribution is 2.53. The van der Waals surface area contributed by atoms with E-state index in [-0.39, 0.29) is 58.3 Å². The number of hydrogen-bond donors (Lipinski definition) is 0. The van der Waals surface area contributed by atoms with Crippen molar-refractivity contribution in [1.82, 2.24) is 19.9 Å². The molecule has 6 rings (SSSR count). The molecule has 0 saturated heterocycles. The monoisotopic (exact) mass is 760 g/mol. The van der Waals surface area contributed by atoms with Crippen LogP contribution in [0.15, 0.2) is 58.9 Å². The quantitative estimate of drug-likeness (QED) is 0.140. The smallest absolute Gasteiger partial charge is 0.178 e. The van der Waals surface area contributed by atoms with Gasteiger partial charge in [0.15, 0.2) is 28.6 Å². The second kappa shape index (κ2) is 14.9. The molecule has 2 aromatic heterocycles. The summed E-state index contributed by atoms with van der Waals surface area (Å²) in [5.41, 5.74) is -0.697. The first-order valence-corrected chi connectivity index (χ1v) is 16.6. The zero-order chi connectivity index (χ0) is 35.4. The van der Waals surface area contributed by atoms with Gasteiger partial charge in [-0.25, -0.2) is 33.1 Å². The average Bonchev–Trinajstić information content (AvgIpc) is 3.70. The Hall–Kier alpha value is -5.21. The van der Waals surface area contributed by atoms with Crippen LogP contribution in [0.2, 0.25) is 10.0 Å². The van der Waals surface area contributed by atoms with E-state index in [2.05, 4.69) is 19.9 Å². The predicted molar refractivity (Wildman–Crippen MR) is 174 cm³/mol. The Labute approximate surface area is 301 Å². The van der Waals surface area contributed by atoms with E-state index in [1.807, 2.05) is 18.2 Å². The molecule has 0 saturated carbocycles. The van der Waals surface area contributed by atoms with Gasteiger partial charge in [0.25, 0.3) is 0 Å². The summed E-state index contributed by atoms with van der Waals surface area (Å²) in [5.74, 6) is -2.52. The van der Waals surface area contributed by atoms with Crippen molar-refractivity contribution >= 4 is 81.4 Å². The Morgan fingerprint density at radius 1 is 0.592 bits per heavy atom. The van der Waals surface area contributed by atoms with Crippen molar-refractivity contribution < 1.29 is 13.2 Å². The van der Waals surface area contributed by atoms with Gasteiger partial charge in [-0.1, -0.05) is 70.2 Å². The maximum Gasteiger partial charge on any atom is 0.178 e. The molecule has 0 bridgehead atoms. The summed E-state index contributed by atoms with van der Waals surface area (Å²) in [7, 11) is 0.